The van der Waals surface area contributed by atoms with Crippen LogP contribution in [0.3, 0.4) is 0 Å². The number of pyridine rings is 1. The zero-order chi connectivity index (χ0) is 10.8. The Morgan fingerprint density at radius 1 is 1.47 bits per heavy atom. The zero-order valence-corrected chi connectivity index (χ0v) is 7.95. The monoisotopic (exact) mass is 204 g/mol. The Morgan fingerprint density at radius 2 is 2.27 bits per heavy atom. The molecule has 6 nitrogen and oxygen atoms in total. The zero-order valence-electron chi connectivity index (χ0n) is 7.95. The van der Waals surface area contributed by atoms with E-state index in [1.165, 1.54) is 10.9 Å². The summed E-state index contributed by atoms with van der Waals surface area (Å²) in [7, 11) is 0. The number of carboxylic acids is 1. The Bertz CT molecular complexity index is 506. The van der Waals surface area contributed by atoms with Crippen molar-refractivity contribution in [3.05, 3.63) is 35.8 Å². The molecule has 2 aromatic rings. The quantitative estimate of drug-likeness (QED) is 0.777. The van der Waals surface area contributed by atoms with Gasteiger partial charge in [-0.15, -0.1) is 5.10 Å². The van der Waals surface area contributed by atoms with E-state index < -0.39 is 5.97 Å². The van der Waals surface area contributed by atoms with Gasteiger partial charge in [0.05, 0.1) is 6.20 Å². The van der Waals surface area contributed by atoms with Gasteiger partial charge in [0.2, 0.25) is 0 Å². The van der Waals surface area contributed by atoms with Crippen molar-refractivity contribution in [2.24, 2.45) is 0 Å². The number of aromatic carboxylic acids is 1. The van der Waals surface area contributed by atoms with Crippen LogP contribution in [0.2, 0.25) is 0 Å². The van der Waals surface area contributed by atoms with Gasteiger partial charge in [-0.3, -0.25) is 0 Å². The first-order valence-electron chi connectivity index (χ1n) is 4.26. The largest absolute Gasteiger partial charge is 0.476 e. The minimum absolute atomic E-state index is 0.0988. The molecule has 0 fully saturated rings. The highest BCUT2D eigenvalue weighted by atomic mass is 16.4. The fraction of sp³-hybridized carbons (Fsp3) is 0.111. The average molecular weight is 204 g/mol. The first-order valence-corrected chi connectivity index (χ1v) is 4.26. The third kappa shape index (κ3) is 1.83. The van der Waals surface area contributed by atoms with E-state index in [0.29, 0.717) is 5.82 Å². The summed E-state index contributed by atoms with van der Waals surface area (Å²) in [4.78, 5) is 14.8. The number of carboxylic acid groups (broad SMARTS) is 1. The molecule has 0 aliphatic carbocycles. The second-order valence-corrected chi connectivity index (χ2v) is 2.99. The van der Waals surface area contributed by atoms with Crippen LogP contribution >= 0.6 is 0 Å². The van der Waals surface area contributed by atoms with Crippen molar-refractivity contribution in [2.45, 2.75) is 6.92 Å². The molecule has 2 aromatic heterocycles. The third-order valence-electron chi connectivity index (χ3n) is 1.82. The highest BCUT2D eigenvalue weighted by molar-refractivity contribution is 5.84. The molecular formula is C9H8N4O2. The van der Waals surface area contributed by atoms with Gasteiger partial charge in [0.15, 0.2) is 11.5 Å². The number of nitrogens with zero attached hydrogens (tertiary/aromatic N) is 4. The fourth-order valence-electron chi connectivity index (χ4n) is 1.13. The van der Waals surface area contributed by atoms with Crippen molar-refractivity contribution < 1.29 is 9.90 Å². The molecule has 0 aliphatic heterocycles. The van der Waals surface area contributed by atoms with Gasteiger partial charge in [0.25, 0.3) is 0 Å². The minimum Gasteiger partial charge on any atom is -0.476 e. The van der Waals surface area contributed by atoms with E-state index >= 15 is 0 Å². The molecule has 15 heavy (non-hydrogen) atoms. The van der Waals surface area contributed by atoms with Crippen LogP contribution < -0.4 is 0 Å². The van der Waals surface area contributed by atoms with Gasteiger partial charge in [-0.05, 0) is 19.1 Å². The summed E-state index contributed by atoms with van der Waals surface area (Å²) in [5.41, 5.74) is 0.734. The van der Waals surface area contributed by atoms with E-state index in [1.54, 1.807) is 6.07 Å². The molecule has 2 heterocycles. The highest BCUT2D eigenvalue weighted by Crippen LogP contribution is 2.04. The van der Waals surface area contributed by atoms with Crippen LogP contribution in [0, 0.1) is 6.92 Å². The number of aryl methyl sites for hydroxylation is 1. The van der Waals surface area contributed by atoms with E-state index in [1.807, 2.05) is 19.1 Å². The molecule has 0 spiro atoms. The van der Waals surface area contributed by atoms with Gasteiger partial charge in [-0.2, -0.15) is 0 Å². The van der Waals surface area contributed by atoms with Crippen LogP contribution in [-0.2, 0) is 0 Å². The molecule has 0 saturated heterocycles. The predicted molar refractivity (Wildman–Crippen MR) is 50.9 cm³/mol. The molecule has 0 aliphatic rings. The first kappa shape index (κ1) is 9.32. The highest BCUT2D eigenvalue weighted by Gasteiger charge is 2.09. The van der Waals surface area contributed by atoms with Gasteiger partial charge >= 0.3 is 5.97 Å². The maximum atomic E-state index is 10.6. The standard InChI is InChI=1S/C9H8N4O2/c1-6-3-2-4-8(10-6)13-5-7(9(14)15)11-12-13/h2-5H,1H3,(H,14,15). The maximum Gasteiger partial charge on any atom is 0.358 e. The van der Waals surface area contributed by atoms with E-state index in [4.69, 9.17) is 5.11 Å². The molecule has 76 valence electrons. The molecule has 2 rings (SSSR count). The van der Waals surface area contributed by atoms with E-state index in [-0.39, 0.29) is 5.69 Å². The van der Waals surface area contributed by atoms with E-state index in [0.717, 1.165) is 5.69 Å². The topological polar surface area (TPSA) is 80.9 Å². The summed E-state index contributed by atoms with van der Waals surface area (Å²) < 4.78 is 1.33. The molecule has 0 bridgehead atoms. The molecule has 0 aromatic carbocycles. The number of carbonyl (C=O) groups is 1. The maximum absolute atomic E-state index is 10.6. The molecular weight excluding hydrogens is 196 g/mol. The minimum atomic E-state index is -1.10. The predicted octanol–water partition coefficient (Wildman–Crippen LogP) is 0.669. The van der Waals surface area contributed by atoms with Gasteiger partial charge in [-0.1, -0.05) is 11.3 Å². The van der Waals surface area contributed by atoms with E-state index in [2.05, 4.69) is 15.3 Å². The van der Waals surface area contributed by atoms with Crippen LogP contribution in [0.1, 0.15) is 16.2 Å². The van der Waals surface area contributed by atoms with Crippen LogP contribution in [-0.4, -0.2) is 31.1 Å². The Kier molecular flexibility index (Phi) is 2.17. The summed E-state index contributed by atoms with van der Waals surface area (Å²) >= 11 is 0. The van der Waals surface area contributed by atoms with Gasteiger partial charge in [0, 0.05) is 5.69 Å². The lowest BCUT2D eigenvalue weighted by Gasteiger charge is -1.98. The Balaban J connectivity index is 2.41. The lowest BCUT2D eigenvalue weighted by atomic mass is 10.4. The van der Waals surface area contributed by atoms with Crippen LogP contribution in [0.4, 0.5) is 0 Å². The van der Waals surface area contributed by atoms with E-state index in [9.17, 15) is 4.79 Å². The van der Waals surface area contributed by atoms with Crippen molar-refractivity contribution in [2.75, 3.05) is 0 Å². The van der Waals surface area contributed by atoms with Crippen LogP contribution in [0.5, 0.6) is 0 Å². The van der Waals surface area contributed by atoms with Crippen molar-refractivity contribution in [3.8, 4) is 5.82 Å². The second-order valence-electron chi connectivity index (χ2n) is 2.99. The second kappa shape index (κ2) is 3.49. The average Bonchev–Trinajstić information content (AvgIpc) is 2.66. The molecule has 1 N–H and O–H groups in total. The molecule has 0 radical (unpaired) electrons. The number of aromatic nitrogens is 4. The fourth-order valence-corrected chi connectivity index (χ4v) is 1.13. The number of rotatable bonds is 2. The lowest BCUT2D eigenvalue weighted by molar-refractivity contribution is 0.0690. The van der Waals surface area contributed by atoms with Crippen LogP contribution in [0.25, 0.3) is 5.82 Å². The Hall–Kier alpha value is -2.24. The third-order valence-corrected chi connectivity index (χ3v) is 1.82. The number of hydrogen-bond acceptors (Lipinski definition) is 4. The Labute approximate surface area is 85.2 Å². The summed E-state index contributed by atoms with van der Waals surface area (Å²) in [6.45, 7) is 1.85. The summed E-state index contributed by atoms with van der Waals surface area (Å²) in [5.74, 6) is -0.552. The summed E-state index contributed by atoms with van der Waals surface area (Å²) in [5, 5.41) is 15.8. The van der Waals surface area contributed by atoms with Gasteiger partial charge < -0.3 is 5.11 Å². The van der Waals surface area contributed by atoms with Crippen molar-refractivity contribution in [3.63, 3.8) is 0 Å². The SMILES string of the molecule is Cc1cccc(-n2cc(C(=O)O)nn2)n1. The van der Waals surface area contributed by atoms with Crippen molar-refractivity contribution >= 4 is 5.97 Å². The Morgan fingerprint density at radius 3 is 2.87 bits per heavy atom. The molecule has 0 saturated carbocycles. The smallest absolute Gasteiger partial charge is 0.358 e. The molecule has 0 atom stereocenters. The van der Waals surface area contributed by atoms with Crippen LogP contribution in [0.15, 0.2) is 24.4 Å². The molecule has 0 amide bonds. The molecule has 6 heteroatoms. The first-order chi connectivity index (χ1) is 7.16. The van der Waals surface area contributed by atoms with Crippen molar-refractivity contribution in [1.82, 2.24) is 20.0 Å². The van der Waals surface area contributed by atoms with Crippen molar-refractivity contribution in [1.29, 1.82) is 0 Å². The summed E-state index contributed by atoms with van der Waals surface area (Å²) in [6.07, 6.45) is 1.32. The molecule has 0 unspecified atom stereocenters. The van der Waals surface area contributed by atoms with Gasteiger partial charge in [-0.25, -0.2) is 14.5 Å². The summed E-state index contributed by atoms with van der Waals surface area (Å²) in [6, 6.07) is 5.39. The number of hydrogen-bond donors (Lipinski definition) is 1. The van der Waals surface area contributed by atoms with Gasteiger partial charge in [0.1, 0.15) is 0 Å². The lowest BCUT2D eigenvalue weighted by Crippen LogP contribution is -1.99. The normalized spacial score (nSPS) is 10.2.